The van der Waals surface area contributed by atoms with Gasteiger partial charge in [-0.25, -0.2) is 0 Å². The van der Waals surface area contributed by atoms with E-state index >= 15 is 0 Å². The van der Waals surface area contributed by atoms with Crippen molar-refractivity contribution in [2.75, 3.05) is 4.90 Å². The lowest BCUT2D eigenvalue weighted by Crippen LogP contribution is -2.30. The van der Waals surface area contributed by atoms with Crippen LogP contribution in [0.25, 0.3) is 5.69 Å². The Hall–Kier alpha value is -2.48. The number of hydrogen-bond acceptors (Lipinski definition) is 2. The van der Waals surface area contributed by atoms with Crippen LogP contribution in [-0.2, 0) is 0 Å². The molecule has 1 aliphatic heterocycles. The molecule has 0 amide bonds. The van der Waals surface area contributed by atoms with E-state index in [9.17, 15) is 0 Å². The van der Waals surface area contributed by atoms with Gasteiger partial charge in [0, 0.05) is 38.4 Å². The van der Waals surface area contributed by atoms with Gasteiger partial charge >= 0.3 is 0 Å². The molecule has 7 heteroatoms. The maximum Gasteiger partial charge on any atom is 0.174 e. The Bertz CT molecular complexity index is 1290. The van der Waals surface area contributed by atoms with Crippen LogP contribution in [0.5, 0.6) is 0 Å². The number of nitrogens with one attached hydrogen (secondary N) is 1. The zero-order valence-electron chi connectivity index (χ0n) is 17.2. The second-order valence-corrected chi connectivity index (χ2v) is 9.87. The average Bonchev–Trinajstić information content (AvgIpc) is 3.40. The van der Waals surface area contributed by atoms with Crippen molar-refractivity contribution in [3.05, 3.63) is 111 Å². The van der Waals surface area contributed by atoms with Gasteiger partial charge in [-0.3, -0.25) is 4.98 Å². The minimum atomic E-state index is -0.0894. The number of anilines is 1. The summed E-state index contributed by atoms with van der Waals surface area (Å²) < 4.78 is 4.34. The third-order valence-electron chi connectivity index (χ3n) is 5.69. The molecule has 4 nitrogen and oxygen atoms in total. The molecule has 2 aromatic carbocycles. The van der Waals surface area contributed by atoms with E-state index in [2.05, 4.69) is 113 Å². The quantitative estimate of drug-likeness (QED) is 0.272. The van der Waals surface area contributed by atoms with Gasteiger partial charge in [0.1, 0.15) is 6.04 Å². The van der Waals surface area contributed by atoms with E-state index in [-0.39, 0.29) is 12.1 Å². The van der Waals surface area contributed by atoms with E-state index < -0.39 is 0 Å². The second kappa shape index (κ2) is 8.81. The number of benzene rings is 2. The van der Waals surface area contributed by atoms with Crippen molar-refractivity contribution < 1.29 is 0 Å². The minimum absolute atomic E-state index is 0.0769. The van der Waals surface area contributed by atoms with Crippen LogP contribution in [0.2, 0.25) is 0 Å². The van der Waals surface area contributed by atoms with Gasteiger partial charge in [-0.1, -0.05) is 44.0 Å². The Kier molecular flexibility index (Phi) is 5.88. The SMILES string of the molecule is Cc1cc(N2C(=S)N[C@@H](c3ccccn3)[C@H]2c2cccn2-c2cccc(Br)c2)ccc1Br. The molecule has 0 aliphatic carbocycles. The monoisotopic (exact) mass is 566 g/mol. The first kappa shape index (κ1) is 21.4. The van der Waals surface area contributed by atoms with Gasteiger partial charge in [0.2, 0.25) is 0 Å². The summed E-state index contributed by atoms with van der Waals surface area (Å²) in [5.41, 5.74) is 5.38. The fourth-order valence-electron chi connectivity index (χ4n) is 4.21. The van der Waals surface area contributed by atoms with Crippen molar-refractivity contribution in [2.45, 2.75) is 19.0 Å². The fourth-order valence-corrected chi connectivity index (χ4v) is 5.19. The summed E-state index contributed by atoms with van der Waals surface area (Å²) in [4.78, 5) is 6.86. The number of nitrogens with zero attached hydrogens (tertiary/aromatic N) is 3. The molecule has 0 saturated carbocycles. The molecule has 1 saturated heterocycles. The van der Waals surface area contributed by atoms with Crippen LogP contribution in [0.4, 0.5) is 5.69 Å². The minimum Gasteiger partial charge on any atom is -0.351 e. The summed E-state index contributed by atoms with van der Waals surface area (Å²) in [6.45, 7) is 2.09. The van der Waals surface area contributed by atoms with E-state index in [0.717, 1.165) is 37.3 Å². The third-order valence-corrected chi connectivity index (χ3v) is 7.39. The van der Waals surface area contributed by atoms with E-state index in [4.69, 9.17) is 12.2 Å². The third kappa shape index (κ3) is 3.89. The lowest BCUT2D eigenvalue weighted by atomic mass is 10.0. The van der Waals surface area contributed by atoms with Crippen molar-refractivity contribution in [1.29, 1.82) is 0 Å². The number of thiocarbonyl (C=S) groups is 1. The Morgan fingerprint density at radius 2 is 1.81 bits per heavy atom. The molecule has 2 atom stereocenters. The van der Waals surface area contributed by atoms with Gasteiger partial charge in [0.25, 0.3) is 0 Å². The van der Waals surface area contributed by atoms with Crippen LogP contribution in [0, 0.1) is 6.92 Å². The van der Waals surface area contributed by atoms with Gasteiger partial charge in [0.05, 0.1) is 11.7 Å². The normalized spacial score (nSPS) is 18.1. The van der Waals surface area contributed by atoms with Crippen molar-refractivity contribution in [1.82, 2.24) is 14.9 Å². The predicted octanol–water partition coefficient (Wildman–Crippen LogP) is 6.88. The van der Waals surface area contributed by atoms with Crippen LogP contribution in [-0.4, -0.2) is 14.7 Å². The summed E-state index contributed by atoms with van der Waals surface area (Å²) in [5, 5.41) is 4.23. The molecule has 0 bridgehead atoms. The van der Waals surface area contributed by atoms with Crippen LogP contribution < -0.4 is 10.2 Å². The molecule has 0 unspecified atom stereocenters. The van der Waals surface area contributed by atoms with E-state index in [0.29, 0.717) is 5.11 Å². The Morgan fingerprint density at radius 3 is 2.56 bits per heavy atom. The molecule has 1 fully saturated rings. The van der Waals surface area contributed by atoms with Gasteiger partial charge in [-0.05, 0) is 85.4 Å². The van der Waals surface area contributed by atoms with Gasteiger partial charge in [-0.2, -0.15) is 0 Å². The molecule has 0 spiro atoms. The second-order valence-electron chi connectivity index (χ2n) is 7.71. The number of rotatable bonds is 4. The predicted molar refractivity (Wildman–Crippen MR) is 140 cm³/mol. The van der Waals surface area contributed by atoms with Crippen LogP contribution in [0.1, 0.15) is 29.0 Å². The molecule has 160 valence electrons. The van der Waals surface area contributed by atoms with E-state index in [1.165, 1.54) is 0 Å². The maximum absolute atomic E-state index is 5.87. The zero-order valence-corrected chi connectivity index (χ0v) is 21.2. The smallest absolute Gasteiger partial charge is 0.174 e. The number of pyridine rings is 1. The van der Waals surface area contributed by atoms with Crippen LogP contribution >= 0.6 is 44.1 Å². The standard InChI is InChI=1S/C25H20Br2N4S/c1-16-14-19(10-11-20(16)27)31-24(23(29-25(31)32)21-8-2-3-12-28-21)22-9-5-13-30(22)18-7-4-6-17(26)15-18/h2-15,23-24H,1H3,(H,29,32)/t23-,24+/m0/s1. The topological polar surface area (TPSA) is 33.1 Å². The molecule has 2 aromatic heterocycles. The number of aryl methyl sites for hydroxylation is 1. The lowest BCUT2D eigenvalue weighted by Gasteiger charge is -2.29. The van der Waals surface area contributed by atoms with Crippen molar-refractivity contribution in [3.63, 3.8) is 0 Å². The molecule has 32 heavy (non-hydrogen) atoms. The van der Waals surface area contributed by atoms with Crippen LogP contribution in [0.15, 0.2) is 94.1 Å². The zero-order chi connectivity index (χ0) is 22.2. The molecular weight excluding hydrogens is 548 g/mol. The highest BCUT2D eigenvalue weighted by Gasteiger charge is 2.42. The summed E-state index contributed by atoms with van der Waals surface area (Å²) in [7, 11) is 0. The molecule has 3 heterocycles. The molecule has 1 N–H and O–H groups in total. The van der Waals surface area contributed by atoms with Gasteiger partial charge in [0.15, 0.2) is 5.11 Å². The molecule has 1 aliphatic rings. The van der Waals surface area contributed by atoms with Gasteiger partial charge < -0.3 is 14.8 Å². The summed E-state index contributed by atoms with van der Waals surface area (Å²) in [6.07, 6.45) is 3.93. The lowest BCUT2D eigenvalue weighted by molar-refractivity contribution is 0.549. The number of hydrogen-bond donors (Lipinski definition) is 1. The molecule has 0 radical (unpaired) electrons. The van der Waals surface area contributed by atoms with Crippen molar-refractivity contribution in [2.24, 2.45) is 0 Å². The Balaban J connectivity index is 1.68. The average molecular weight is 568 g/mol. The fraction of sp³-hybridized carbons (Fsp3) is 0.120. The summed E-state index contributed by atoms with van der Waals surface area (Å²) >= 11 is 13.1. The molecule has 4 aromatic rings. The van der Waals surface area contributed by atoms with E-state index in [1.807, 2.05) is 30.5 Å². The highest BCUT2D eigenvalue weighted by molar-refractivity contribution is 9.10. The van der Waals surface area contributed by atoms with Gasteiger partial charge in [-0.15, -0.1) is 0 Å². The van der Waals surface area contributed by atoms with E-state index in [1.54, 1.807) is 0 Å². The first-order valence-electron chi connectivity index (χ1n) is 10.2. The Morgan fingerprint density at radius 1 is 0.938 bits per heavy atom. The first-order chi connectivity index (χ1) is 15.5. The highest BCUT2D eigenvalue weighted by Crippen LogP contribution is 2.42. The highest BCUT2D eigenvalue weighted by atomic mass is 79.9. The van der Waals surface area contributed by atoms with Crippen molar-refractivity contribution in [3.8, 4) is 5.69 Å². The Labute approximate surface area is 209 Å². The maximum atomic E-state index is 5.87. The van der Waals surface area contributed by atoms with Crippen molar-refractivity contribution >= 4 is 54.9 Å². The largest absolute Gasteiger partial charge is 0.351 e. The van der Waals surface area contributed by atoms with Crippen LogP contribution in [0.3, 0.4) is 0 Å². The summed E-state index contributed by atoms with van der Waals surface area (Å²) in [5.74, 6) is 0. The molecule has 5 rings (SSSR count). The molecular formula is C25H20Br2N4S. The number of aromatic nitrogens is 2. The number of halogens is 2. The summed E-state index contributed by atoms with van der Waals surface area (Å²) in [6, 6.07) is 24.7. The first-order valence-corrected chi connectivity index (χ1v) is 12.2.